The van der Waals surface area contributed by atoms with Crippen LogP contribution in [0.2, 0.25) is 0 Å². The SMILES string of the molecule is NNC(=S)Nc1ccc(S(=O)(=O)O)cc1. The molecule has 5 N–H and O–H groups in total. The van der Waals surface area contributed by atoms with E-state index in [1.54, 1.807) is 0 Å². The van der Waals surface area contributed by atoms with E-state index < -0.39 is 10.1 Å². The first-order valence-corrected chi connectivity index (χ1v) is 5.63. The van der Waals surface area contributed by atoms with E-state index in [-0.39, 0.29) is 10.0 Å². The zero-order valence-electron chi connectivity index (χ0n) is 7.47. The van der Waals surface area contributed by atoms with Crippen molar-refractivity contribution in [2.45, 2.75) is 4.90 Å². The molecular weight excluding hydrogens is 238 g/mol. The molecule has 0 radical (unpaired) electrons. The van der Waals surface area contributed by atoms with Gasteiger partial charge < -0.3 is 10.7 Å². The Morgan fingerprint density at radius 1 is 1.33 bits per heavy atom. The number of benzene rings is 1. The zero-order chi connectivity index (χ0) is 11.5. The third-order valence-electron chi connectivity index (χ3n) is 1.54. The number of nitrogens with one attached hydrogen (secondary N) is 2. The van der Waals surface area contributed by atoms with E-state index in [9.17, 15) is 8.42 Å². The van der Waals surface area contributed by atoms with Gasteiger partial charge in [0.05, 0.1) is 4.90 Å². The Morgan fingerprint density at radius 3 is 2.27 bits per heavy atom. The lowest BCUT2D eigenvalue weighted by Gasteiger charge is -2.06. The lowest BCUT2D eigenvalue weighted by atomic mass is 10.3. The third-order valence-corrected chi connectivity index (χ3v) is 2.63. The minimum atomic E-state index is -4.15. The van der Waals surface area contributed by atoms with Gasteiger partial charge in [0.25, 0.3) is 10.1 Å². The summed E-state index contributed by atoms with van der Waals surface area (Å²) in [7, 11) is -4.15. The number of anilines is 1. The minimum Gasteiger partial charge on any atom is -0.332 e. The number of rotatable bonds is 2. The average molecular weight is 247 g/mol. The maximum Gasteiger partial charge on any atom is 0.294 e. The second-order valence-electron chi connectivity index (χ2n) is 2.60. The van der Waals surface area contributed by atoms with Gasteiger partial charge in [0.1, 0.15) is 0 Å². The molecule has 1 aromatic carbocycles. The molecule has 0 spiro atoms. The molecule has 0 saturated heterocycles. The first-order chi connectivity index (χ1) is 6.93. The van der Waals surface area contributed by atoms with E-state index in [0.717, 1.165) is 0 Å². The molecule has 0 aromatic heterocycles. The van der Waals surface area contributed by atoms with Crippen LogP contribution in [0.5, 0.6) is 0 Å². The van der Waals surface area contributed by atoms with Gasteiger partial charge in [0.2, 0.25) is 0 Å². The van der Waals surface area contributed by atoms with E-state index in [0.29, 0.717) is 5.69 Å². The fourth-order valence-electron chi connectivity index (χ4n) is 0.877. The fourth-order valence-corrected chi connectivity index (χ4v) is 1.48. The summed E-state index contributed by atoms with van der Waals surface area (Å²) in [4.78, 5) is -0.181. The molecular formula is C7H9N3O3S2. The van der Waals surface area contributed by atoms with Crippen LogP contribution >= 0.6 is 12.2 Å². The van der Waals surface area contributed by atoms with Crippen LogP contribution in [0.15, 0.2) is 29.2 Å². The molecule has 82 valence electrons. The first-order valence-electron chi connectivity index (χ1n) is 3.78. The van der Waals surface area contributed by atoms with Crippen LogP contribution in [-0.4, -0.2) is 18.1 Å². The molecule has 6 nitrogen and oxygen atoms in total. The molecule has 0 saturated carbocycles. The van der Waals surface area contributed by atoms with Gasteiger partial charge >= 0.3 is 0 Å². The highest BCUT2D eigenvalue weighted by atomic mass is 32.2. The molecule has 0 aliphatic carbocycles. The lowest BCUT2D eigenvalue weighted by Crippen LogP contribution is -2.34. The Hall–Kier alpha value is -1.22. The van der Waals surface area contributed by atoms with Gasteiger partial charge in [-0.2, -0.15) is 8.42 Å². The minimum absolute atomic E-state index is 0.181. The van der Waals surface area contributed by atoms with Crippen LogP contribution in [0, 0.1) is 0 Å². The smallest absolute Gasteiger partial charge is 0.294 e. The van der Waals surface area contributed by atoms with Gasteiger partial charge in [-0.3, -0.25) is 4.55 Å². The second kappa shape index (κ2) is 4.53. The van der Waals surface area contributed by atoms with E-state index in [1.165, 1.54) is 24.3 Å². The van der Waals surface area contributed by atoms with Crippen LogP contribution < -0.4 is 16.6 Å². The topological polar surface area (TPSA) is 104 Å². The molecule has 0 bridgehead atoms. The molecule has 0 amide bonds. The number of hydrazine groups is 1. The average Bonchev–Trinajstić information content (AvgIpc) is 2.17. The Bertz CT molecular complexity index is 455. The van der Waals surface area contributed by atoms with Gasteiger partial charge in [0.15, 0.2) is 5.11 Å². The molecule has 0 atom stereocenters. The van der Waals surface area contributed by atoms with Gasteiger partial charge in [-0.1, -0.05) is 0 Å². The van der Waals surface area contributed by atoms with E-state index in [4.69, 9.17) is 22.6 Å². The van der Waals surface area contributed by atoms with Crippen molar-refractivity contribution in [3.8, 4) is 0 Å². The van der Waals surface area contributed by atoms with Gasteiger partial charge in [0, 0.05) is 5.69 Å². The van der Waals surface area contributed by atoms with Crippen LogP contribution in [0.1, 0.15) is 0 Å². The largest absolute Gasteiger partial charge is 0.332 e. The monoisotopic (exact) mass is 247 g/mol. The van der Waals surface area contributed by atoms with Crippen LogP contribution in [0.3, 0.4) is 0 Å². The summed E-state index contributed by atoms with van der Waals surface area (Å²) in [5.41, 5.74) is 2.77. The molecule has 15 heavy (non-hydrogen) atoms. The predicted molar refractivity (Wildman–Crippen MR) is 59.8 cm³/mol. The van der Waals surface area contributed by atoms with Crippen molar-refractivity contribution in [1.29, 1.82) is 0 Å². The number of thiocarbonyl (C=S) groups is 1. The van der Waals surface area contributed by atoms with Crippen LogP contribution in [0.25, 0.3) is 0 Å². The van der Waals surface area contributed by atoms with E-state index in [2.05, 4.69) is 10.7 Å². The highest BCUT2D eigenvalue weighted by molar-refractivity contribution is 7.85. The van der Waals surface area contributed by atoms with E-state index >= 15 is 0 Å². The van der Waals surface area contributed by atoms with Crippen LogP contribution in [0.4, 0.5) is 5.69 Å². The normalized spacial score (nSPS) is 10.8. The molecule has 0 aliphatic rings. The van der Waals surface area contributed by atoms with Gasteiger partial charge in [-0.25, -0.2) is 5.84 Å². The second-order valence-corrected chi connectivity index (χ2v) is 4.43. The van der Waals surface area contributed by atoms with Crippen molar-refractivity contribution >= 4 is 33.1 Å². The summed E-state index contributed by atoms with van der Waals surface area (Å²) >= 11 is 4.73. The highest BCUT2D eigenvalue weighted by Gasteiger charge is 2.08. The Balaban J connectivity index is 2.86. The number of hydrogen-bond donors (Lipinski definition) is 4. The first kappa shape index (κ1) is 11.9. The molecule has 0 fully saturated rings. The summed E-state index contributed by atoms with van der Waals surface area (Å²) in [5.74, 6) is 5.03. The third kappa shape index (κ3) is 3.44. The van der Waals surface area contributed by atoms with Crippen molar-refractivity contribution < 1.29 is 13.0 Å². The fraction of sp³-hybridized carbons (Fsp3) is 0. The van der Waals surface area contributed by atoms with Crippen LogP contribution in [-0.2, 0) is 10.1 Å². The van der Waals surface area contributed by atoms with E-state index in [1.807, 2.05) is 0 Å². The van der Waals surface area contributed by atoms with Crippen molar-refractivity contribution in [3.05, 3.63) is 24.3 Å². The molecule has 0 aliphatic heterocycles. The summed E-state index contributed by atoms with van der Waals surface area (Å²) in [6, 6.07) is 5.40. The van der Waals surface area contributed by atoms with Crippen molar-refractivity contribution in [2.24, 2.45) is 5.84 Å². The Morgan fingerprint density at radius 2 is 1.87 bits per heavy atom. The predicted octanol–water partition coefficient (Wildman–Crippen LogP) is 0.0934. The molecule has 8 heteroatoms. The lowest BCUT2D eigenvalue weighted by molar-refractivity contribution is 0.483. The quantitative estimate of drug-likeness (QED) is 0.254. The summed E-state index contributed by atoms with van der Waals surface area (Å²) in [6.45, 7) is 0. The zero-order valence-corrected chi connectivity index (χ0v) is 9.10. The number of hydrogen-bond acceptors (Lipinski definition) is 4. The van der Waals surface area contributed by atoms with Crippen molar-refractivity contribution in [1.82, 2.24) is 5.43 Å². The highest BCUT2D eigenvalue weighted by Crippen LogP contribution is 2.13. The summed E-state index contributed by atoms with van der Waals surface area (Å²) < 4.78 is 30.1. The summed E-state index contributed by atoms with van der Waals surface area (Å²) in [5, 5.41) is 2.89. The molecule has 0 heterocycles. The maximum atomic E-state index is 10.7. The standard InChI is InChI=1S/C7H9N3O3S2/c8-10-7(14)9-5-1-3-6(4-2-5)15(11,12)13/h1-4H,8H2,(H2,9,10,14)(H,11,12,13). The molecule has 1 rings (SSSR count). The molecule has 1 aromatic rings. The van der Waals surface area contributed by atoms with Gasteiger partial charge in [-0.05, 0) is 36.5 Å². The maximum absolute atomic E-state index is 10.7. The summed E-state index contributed by atoms with van der Waals surface area (Å²) in [6.07, 6.45) is 0. The Kier molecular flexibility index (Phi) is 3.58. The Labute approximate surface area is 92.2 Å². The molecule has 0 unspecified atom stereocenters. The van der Waals surface area contributed by atoms with Gasteiger partial charge in [-0.15, -0.1) is 0 Å². The van der Waals surface area contributed by atoms with Crippen molar-refractivity contribution in [2.75, 3.05) is 5.32 Å². The van der Waals surface area contributed by atoms with Crippen molar-refractivity contribution in [3.63, 3.8) is 0 Å². The number of nitrogens with two attached hydrogens (primary N) is 1.